The maximum Gasteiger partial charge on any atom is 0.337 e. The third kappa shape index (κ3) is 3.06. The summed E-state index contributed by atoms with van der Waals surface area (Å²) in [6, 6.07) is 7.04. The summed E-state index contributed by atoms with van der Waals surface area (Å²) in [5.41, 5.74) is 1.50. The highest BCUT2D eigenvalue weighted by molar-refractivity contribution is 5.89. The first-order valence-corrected chi connectivity index (χ1v) is 5.65. The van der Waals surface area contributed by atoms with Crippen molar-refractivity contribution in [3.8, 4) is 0 Å². The Bertz CT molecular complexity index is 421. The summed E-state index contributed by atoms with van der Waals surface area (Å²) >= 11 is 0. The number of esters is 1. The van der Waals surface area contributed by atoms with Gasteiger partial charge in [0, 0.05) is 12.5 Å². The van der Waals surface area contributed by atoms with Crippen LogP contribution < -0.4 is 5.32 Å². The quantitative estimate of drug-likeness (QED) is 0.802. The first-order chi connectivity index (χ1) is 8.20. The molecule has 17 heavy (non-hydrogen) atoms. The maximum atomic E-state index is 11.4. The molecular formula is C13H15NO3. The van der Waals surface area contributed by atoms with Gasteiger partial charge in [0.25, 0.3) is 0 Å². The number of carbonyl (C=O) groups is 2. The number of hydrogen-bond donors (Lipinski definition) is 1. The minimum Gasteiger partial charge on any atom is -0.465 e. The Hall–Kier alpha value is -1.84. The van der Waals surface area contributed by atoms with Crippen molar-refractivity contribution in [2.24, 2.45) is 5.92 Å². The molecule has 0 aromatic heterocycles. The number of rotatable bonds is 4. The fourth-order valence-electron chi connectivity index (χ4n) is 1.56. The van der Waals surface area contributed by atoms with E-state index in [0.717, 1.165) is 18.4 Å². The van der Waals surface area contributed by atoms with Crippen LogP contribution in [0.15, 0.2) is 24.3 Å². The number of benzene rings is 1. The van der Waals surface area contributed by atoms with Crippen LogP contribution in [0.4, 0.5) is 0 Å². The van der Waals surface area contributed by atoms with E-state index in [9.17, 15) is 9.59 Å². The van der Waals surface area contributed by atoms with Gasteiger partial charge in [-0.3, -0.25) is 4.79 Å². The number of amides is 1. The zero-order chi connectivity index (χ0) is 12.3. The van der Waals surface area contributed by atoms with Crippen LogP contribution in [-0.2, 0) is 16.1 Å². The molecule has 0 spiro atoms. The Morgan fingerprint density at radius 1 is 1.29 bits per heavy atom. The Labute approximate surface area is 100.0 Å². The van der Waals surface area contributed by atoms with Gasteiger partial charge in [-0.15, -0.1) is 0 Å². The van der Waals surface area contributed by atoms with Gasteiger partial charge in [0.2, 0.25) is 5.91 Å². The van der Waals surface area contributed by atoms with Gasteiger partial charge in [-0.2, -0.15) is 0 Å². The lowest BCUT2D eigenvalue weighted by Crippen LogP contribution is -2.24. The van der Waals surface area contributed by atoms with E-state index in [1.54, 1.807) is 12.1 Å². The second-order valence-electron chi connectivity index (χ2n) is 4.18. The number of hydrogen-bond acceptors (Lipinski definition) is 3. The number of ether oxygens (including phenoxy) is 1. The van der Waals surface area contributed by atoms with Gasteiger partial charge >= 0.3 is 5.97 Å². The zero-order valence-electron chi connectivity index (χ0n) is 9.73. The van der Waals surface area contributed by atoms with Crippen molar-refractivity contribution >= 4 is 11.9 Å². The highest BCUT2D eigenvalue weighted by Gasteiger charge is 2.29. The van der Waals surface area contributed by atoms with Crippen LogP contribution in [-0.4, -0.2) is 19.0 Å². The molecule has 0 aliphatic heterocycles. The second kappa shape index (κ2) is 4.99. The van der Waals surface area contributed by atoms with Crippen LogP contribution in [0.5, 0.6) is 0 Å². The number of methoxy groups -OCH3 is 1. The third-order valence-corrected chi connectivity index (χ3v) is 2.79. The summed E-state index contributed by atoms with van der Waals surface area (Å²) in [7, 11) is 1.35. The lowest BCUT2D eigenvalue weighted by Gasteiger charge is -2.05. The molecule has 0 atom stereocenters. The van der Waals surface area contributed by atoms with Crippen LogP contribution in [0.3, 0.4) is 0 Å². The summed E-state index contributed by atoms with van der Waals surface area (Å²) in [4.78, 5) is 22.6. The fourth-order valence-corrected chi connectivity index (χ4v) is 1.56. The van der Waals surface area contributed by atoms with Crippen molar-refractivity contribution in [1.29, 1.82) is 0 Å². The molecule has 0 bridgehead atoms. The minimum absolute atomic E-state index is 0.127. The molecule has 0 saturated heterocycles. The number of nitrogens with one attached hydrogen (secondary N) is 1. The van der Waals surface area contributed by atoms with Crippen molar-refractivity contribution in [2.75, 3.05) is 7.11 Å². The topological polar surface area (TPSA) is 55.4 Å². The lowest BCUT2D eigenvalue weighted by atomic mass is 10.1. The van der Waals surface area contributed by atoms with E-state index in [0.29, 0.717) is 12.1 Å². The normalized spacial score (nSPS) is 14.2. The Kier molecular flexibility index (Phi) is 3.42. The molecule has 2 rings (SSSR count). The molecule has 90 valence electrons. The molecule has 1 amide bonds. The van der Waals surface area contributed by atoms with Crippen molar-refractivity contribution in [2.45, 2.75) is 19.4 Å². The van der Waals surface area contributed by atoms with E-state index < -0.39 is 0 Å². The monoisotopic (exact) mass is 233 g/mol. The lowest BCUT2D eigenvalue weighted by molar-refractivity contribution is -0.122. The molecule has 4 nitrogen and oxygen atoms in total. The molecule has 4 heteroatoms. The van der Waals surface area contributed by atoms with E-state index >= 15 is 0 Å². The first kappa shape index (κ1) is 11.6. The Morgan fingerprint density at radius 3 is 2.47 bits per heavy atom. The molecule has 0 radical (unpaired) electrons. The van der Waals surface area contributed by atoms with Gasteiger partial charge in [-0.25, -0.2) is 4.79 Å². The average molecular weight is 233 g/mol. The smallest absolute Gasteiger partial charge is 0.337 e. The summed E-state index contributed by atoms with van der Waals surface area (Å²) in [5, 5.41) is 2.87. The molecule has 1 saturated carbocycles. The molecule has 1 aliphatic carbocycles. The van der Waals surface area contributed by atoms with Gasteiger partial charge in [0.1, 0.15) is 0 Å². The predicted molar refractivity (Wildman–Crippen MR) is 62.4 cm³/mol. The summed E-state index contributed by atoms with van der Waals surface area (Å²) in [6.45, 7) is 0.511. The summed E-state index contributed by atoms with van der Waals surface area (Å²) in [6.07, 6.45) is 2.01. The van der Waals surface area contributed by atoms with E-state index in [1.807, 2.05) is 12.1 Å². The van der Waals surface area contributed by atoms with Crippen molar-refractivity contribution < 1.29 is 14.3 Å². The summed E-state index contributed by atoms with van der Waals surface area (Å²) in [5.74, 6) is 0.00459. The maximum absolute atomic E-state index is 11.4. The first-order valence-electron chi connectivity index (χ1n) is 5.65. The standard InChI is InChI=1S/C13H15NO3/c1-17-13(16)11-4-2-9(3-5-11)8-14-12(15)10-6-7-10/h2-5,10H,6-8H2,1H3,(H,14,15). The molecule has 1 aromatic rings. The van der Waals surface area contributed by atoms with Crippen molar-refractivity contribution in [1.82, 2.24) is 5.32 Å². The molecule has 1 fully saturated rings. The molecule has 1 aromatic carbocycles. The molecule has 0 heterocycles. The van der Waals surface area contributed by atoms with Crippen LogP contribution in [0.2, 0.25) is 0 Å². The van der Waals surface area contributed by atoms with Gasteiger partial charge < -0.3 is 10.1 Å². The largest absolute Gasteiger partial charge is 0.465 e. The minimum atomic E-state index is -0.349. The van der Waals surface area contributed by atoms with Crippen molar-refractivity contribution in [3.63, 3.8) is 0 Å². The average Bonchev–Trinajstić information content (AvgIpc) is 3.20. The van der Waals surface area contributed by atoms with Gasteiger partial charge in [-0.1, -0.05) is 12.1 Å². The van der Waals surface area contributed by atoms with E-state index in [-0.39, 0.29) is 17.8 Å². The van der Waals surface area contributed by atoms with Crippen LogP contribution in [0.1, 0.15) is 28.8 Å². The molecule has 1 aliphatic rings. The molecule has 1 N–H and O–H groups in total. The van der Waals surface area contributed by atoms with E-state index in [4.69, 9.17) is 0 Å². The predicted octanol–water partition coefficient (Wildman–Crippen LogP) is 1.50. The summed E-state index contributed by atoms with van der Waals surface area (Å²) < 4.78 is 4.61. The fraction of sp³-hybridized carbons (Fsp3) is 0.385. The highest BCUT2D eigenvalue weighted by atomic mass is 16.5. The van der Waals surface area contributed by atoms with Crippen molar-refractivity contribution in [3.05, 3.63) is 35.4 Å². The zero-order valence-corrected chi connectivity index (χ0v) is 9.73. The SMILES string of the molecule is COC(=O)c1ccc(CNC(=O)C2CC2)cc1. The Balaban J connectivity index is 1.89. The van der Waals surface area contributed by atoms with Crippen LogP contribution in [0, 0.1) is 5.92 Å². The third-order valence-electron chi connectivity index (χ3n) is 2.79. The Morgan fingerprint density at radius 2 is 1.94 bits per heavy atom. The van der Waals surface area contributed by atoms with E-state index in [1.165, 1.54) is 7.11 Å². The van der Waals surface area contributed by atoms with Crippen LogP contribution in [0.25, 0.3) is 0 Å². The second-order valence-corrected chi connectivity index (χ2v) is 4.18. The van der Waals surface area contributed by atoms with Gasteiger partial charge in [0.15, 0.2) is 0 Å². The van der Waals surface area contributed by atoms with E-state index in [2.05, 4.69) is 10.1 Å². The van der Waals surface area contributed by atoms with Gasteiger partial charge in [0.05, 0.1) is 12.7 Å². The van der Waals surface area contributed by atoms with Crippen LogP contribution >= 0.6 is 0 Å². The highest BCUT2D eigenvalue weighted by Crippen LogP contribution is 2.28. The number of carbonyl (C=O) groups excluding carboxylic acids is 2. The molecular weight excluding hydrogens is 218 g/mol. The van der Waals surface area contributed by atoms with Gasteiger partial charge in [-0.05, 0) is 30.5 Å². The molecule has 0 unspecified atom stereocenters.